The van der Waals surface area contributed by atoms with E-state index in [0.717, 1.165) is 34.4 Å². The zero-order valence-electron chi connectivity index (χ0n) is 17.3. The average Bonchev–Trinajstić information content (AvgIpc) is 3.36. The van der Waals surface area contributed by atoms with Crippen LogP contribution in [0.5, 0.6) is 5.75 Å². The normalized spacial score (nSPS) is 16.6. The van der Waals surface area contributed by atoms with Gasteiger partial charge in [0.1, 0.15) is 16.3 Å². The summed E-state index contributed by atoms with van der Waals surface area (Å²) in [6, 6.07) is 11.9. The van der Waals surface area contributed by atoms with Crippen LogP contribution in [0.1, 0.15) is 35.8 Å². The Kier molecular flexibility index (Phi) is 6.08. The molecule has 1 atom stereocenters. The van der Waals surface area contributed by atoms with Crippen molar-refractivity contribution in [3.8, 4) is 5.75 Å². The Morgan fingerprint density at radius 1 is 1.23 bits per heavy atom. The van der Waals surface area contributed by atoms with Crippen LogP contribution in [0, 0.1) is 5.92 Å². The van der Waals surface area contributed by atoms with Crippen molar-refractivity contribution < 1.29 is 19.1 Å². The molecule has 1 amide bonds. The van der Waals surface area contributed by atoms with Gasteiger partial charge in [0.15, 0.2) is 0 Å². The lowest BCUT2D eigenvalue weighted by atomic mass is 9.98. The monoisotopic (exact) mass is 426 g/mol. The lowest BCUT2D eigenvalue weighted by molar-refractivity contribution is -0.149. The standard InChI is InChI=1S/C23H26N2O4S/c1-3-29-23(27)18-7-5-10-24(15-18)21(26)20-13-17-9-11-30-22(17)25(20)14-16-6-4-8-19(12-16)28-2/h4,6,8-9,11-13,18H,3,5,7,10,14-15H2,1-2H3/t18-/m0/s1. The lowest BCUT2D eigenvalue weighted by Gasteiger charge is -2.31. The molecule has 0 bridgehead atoms. The number of methoxy groups -OCH3 is 1. The Labute approximate surface area is 180 Å². The van der Waals surface area contributed by atoms with E-state index in [1.54, 1.807) is 23.3 Å². The number of benzene rings is 1. The summed E-state index contributed by atoms with van der Waals surface area (Å²) in [5.41, 5.74) is 1.72. The van der Waals surface area contributed by atoms with Gasteiger partial charge in [0.25, 0.3) is 5.91 Å². The Morgan fingerprint density at radius 3 is 2.90 bits per heavy atom. The second-order valence-electron chi connectivity index (χ2n) is 7.49. The van der Waals surface area contributed by atoms with Crippen molar-refractivity contribution in [2.75, 3.05) is 26.8 Å². The molecule has 0 spiro atoms. The lowest BCUT2D eigenvalue weighted by Crippen LogP contribution is -2.43. The van der Waals surface area contributed by atoms with Gasteiger partial charge in [-0.25, -0.2) is 0 Å². The molecule has 7 heteroatoms. The number of likely N-dealkylation sites (tertiary alicyclic amines) is 1. The number of esters is 1. The number of thiophene rings is 1. The number of rotatable bonds is 6. The fourth-order valence-corrected chi connectivity index (χ4v) is 4.94. The van der Waals surface area contributed by atoms with E-state index in [1.165, 1.54) is 0 Å². The van der Waals surface area contributed by atoms with Crippen LogP contribution in [0.2, 0.25) is 0 Å². The maximum atomic E-state index is 13.5. The summed E-state index contributed by atoms with van der Waals surface area (Å²) in [5, 5.41) is 3.10. The van der Waals surface area contributed by atoms with Gasteiger partial charge in [-0.05, 0) is 55.0 Å². The van der Waals surface area contributed by atoms with E-state index < -0.39 is 0 Å². The Hall–Kier alpha value is -2.80. The van der Waals surface area contributed by atoms with E-state index in [4.69, 9.17) is 9.47 Å². The molecule has 0 aliphatic carbocycles. The van der Waals surface area contributed by atoms with Gasteiger partial charge in [-0.1, -0.05) is 12.1 Å². The predicted octanol–water partition coefficient (Wildman–Crippen LogP) is 4.18. The van der Waals surface area contributed by atoms with Gasteiger partial charge in [0, 0.05) is 25.0 Å². The molecule has 1 aliphatic heterocycles. The maximum absolute atomic E-state index is 13.5. The molecule has 3 aromatic rings. The molecule has 6 nitrogen and oxygen atoms in total. The number of aromatic nitrogens is 1. The number of nitrogens with zero attached hydrogens (tertiary/aromatic N) is 2. The first-order valence-electron chi connectivity index (χ1n) is 10.3. The molecule has 30 heavy (non-hydrogen) atoms. The fraction of sp³-hybridized carbons (Fsp3) is 0.391. The maximum Gasteiger partial charge on any atom is 0.310 e. The van der Waals surface area contributed by atoms with Gasteiger partial charge in [0.2, 0.25) is 0 Å². The van der Waals surface area contributed by atoms with Crippen molar-refractivity contribution in [2.45, 2.75) is 26.3 Å². The topological polar surface area (TPSA) is 60.8 Å². The zero-order valence-corrected chi connectivity index (χ0v) is 18.1. The van der Waals surface area contributed by atoms with Gasteiger partial charge in [0.05, 0.1) is 19.6 Å². The second-order valence-corrected chi connectivity index (χ2v) is 8.39. The molecular weight excluding hydrogens is 400 g/mol. The minimum absolute atomic E-state index is 0.0321. The molecule has 2 aromatic heterocycles. The van der Waals surface area contributed by atoms with Gasteiger partial charge < -0.3 is 18.9 Å². The third kappa shape index (κ3) is 4.07. The Morgan fingerprint density at radius 2 is 2.10 bits per heavy atom. The molecule has 1 fully saturated rings. The van der Waals surface area contributed by atoms with Crippen LogP contribution in [0.4, 0.5) is 0 Å². The molecular formula is C23H26N2O4S. The highest BCUT2D eigenvalue weighted by molar-refractivity contribution is 7.16. The number of amides is 1. The molecule has 0 saturated carbocycles. The number of carbonyl (C=O) groups excluding carboxylic acids is 2. The Balaban J connectivity index is 1.62. The van der Waals surface area contributed by atoms with E-state index in [1.807, 2.05) is 48.7 Å². The van der Waals surface area contributed by atoms with E-state index in [-0.39, 0.29) is 17.8 Å². The van der Waals surface area contributed by atoms with E-state index in [2.05, 4.69) is 4.57 Å². The van der Waals surface area contributed by atoms with Crippen molar-refractivity contribution in [3.05, 3.63) is 53.0 Å². The number of piperidine rings is 1. The highest BCUT2D eigenvalue weighted by Crippen LogP contribution is 2.29. The average molecular weight is 427 g/mol. The quantitative estimate of drug-likeness (QED) is 0.555. The third-order valence-electron chi connectivity index (χ3n) is 5.52. The van der Waals surface area contributed by atoms with Gasteiger partial charge in [-0.2, -0.15) is 0 Å². The predicted molar refractivity (Wildman–Crippen MR) is 117 cm³/mol. The smallest absolute Gasteiger partial charge is 0.310 e. The zero-order chi connectivity index (χ0) is 21.1. The van der Waals surface area contributed by atoms with Gasteiger partial charge in [-0.3, -0.25) is 9.59 Å². The van der Waals surface area contributed by atoms with Crippen LogP contribution in [-0.2, 0) is 16.1 Å². The minimum atomic E-state index is -0.245. The summed E-state index contributed by atoms with van der Waals surface area (Å²) in [4.78, 5) is 28.5. The van der Waals surface area contributed by atoms with Crippen molar-refractivity contribution in [1.29, 1.82) is 0 Å². The SMILES string of the molecule is CCOC(=O)[C@H]1CCCN(C(=O)c2cc3ccsc3n2Cc2cccc(OC)c2)C1. The van der Waals surface area contributed by atoms with Crippen LogP contribution in [0.15, 0.2) is 41.8 Å². The van der Waals surface area contributed by atoms with E-state index >= 15 is 0 Å². The van der Waals surface area contributed by atoms with Crippen molar-refractivity contribution >= 4 is 33.4 Å². The number of hydrogen-bond acceptors (Lipinski definition) is 5. The van der Waals surface area contributed by atoms with Crippen molar-refractivity contribution in [1.82, 2.24) is 9.47 Å². The molecule has 1 saturated heterocycles. The molecule has 4 rings (SSSR count). The first-order chi connectivity index (χ1) is 14.6. The van der Waals surface area contributed by atoms with Gasteiger partial charge >= 0.3 is 5.97 Å². The number of hydrogen-bond donors (Lipinski definition) is 0. The van der Waals surface area contributed by atoms with Crippen LogP contribution in [-0.4, -0.2) is 48.1 Å². The van der Waals surface area contributed by atoms with Crippen molar-refractivity contribution in [3.63, 3.8) is 0 Å². The Bertz CT molecular complexity index is 1050. The van der Waals surface area contributed by atoms with Gasteiger partial charge in [-0.15, -0.1) is 11.3 Å². The van der Waals surface area contributed by atoms with Crippen LogP contribution >= 0.6 is 11.3 Å². The number of ether oxygens (including phenoxy) is 2. The first-order valence-corrected chi connectivity index (χ1v) is 11.1. The highest BCUT2D eigenvalue weighted by atomic mass is 32.1. The second kappa shape index (κ2) is 8.92. The van der Waals surface area contributed by atoms with E-state index in [0.29, 0.717) is 31.9 Å². The molecule has 158 valence electrons. The minimum Gasteiger partial charge on any atom is -0.497 e. The summed E-state index contributed by atoms with van der Waals surface area (Å²) in [7, 11) is 1.65. The summed E-state index contributed by atoms with van der Waals surface area (Å²) in [6.45, 7) is 3.82. The van der Waals surface area contributed by atoms with Crippen LogP contribution in [0.25, 0.3) is 10.2 Å². The van der Waals surface area contributed by atoms with Crippen LogP contribution in [0.3, 0.4) is 0 Å². The molecule has 0 radical (unpaired) electrons. The molecule has 0 N–H and O–H groups in total. The molecule has 0 unspecified atom stereocenters. The molecule has 3 heterocycles. The highest BCUT2D eigenvalue weighted by Gasteiger charge is 2.31. The molecule has 1 aliphatic rings. The third-order valence-corrected chi connectivity index (χ3v) is 6.48. The fourth-order valence-electron chi connectivity index (χ4n) is 4.04. The summed E-state index contributed by atoms with van der Waals surface area (Å²) < 4.78 is 12.6. The molecule has 1 aromatic carbocycles. The first kappa shape index (κ1) is 20.5. The summed E-state index contributed by atoms with van der Waals surface area (Å²) >= 11 is 1.63. The number of carbonyl (C=O) groups is 2. The van der Waals surface area contributed by atoms with Crippen LogP contribution < -0.4 is 4.74 Å². The van der Waals surface area contributed by atoms with Crippen molar-refractivity contribution in [2.24, 2.45) is 5.92 Å². The van der Waals surface area contributed by atoms with E-state index in [9.17, 15) is 9.59 Å². The summed E-state index contributed by atoms with van der Waals surface area (Å²) in [5.74, 6) is 0.312. The largest absolute Gasteiger partial charge is 0.497 e. The summed E-state index contributed by atoms with van der Waals surface area (Å²) in [6.07, 6.45) is 1.57. The number of fused-ring (bicyclic) bond motifs is 1.